The van der Waals surface area contributed by atoms with E-state index in [1.807, 2.05) is 19.0 Å². The number of amides is 11. The van der Waals surface area contributed by atoms with E-state index in [1.165, 1.54) is 87.9 Å². The van der Waals surface area contributed by atoms with Crippen LogP contribution in [0.4, 0.5) is 40.2 Å². The number of nitrogens with one attached hydrogen (secondary N) is 11. The summed E-state index contributed by atoms with van der Waals surface area (Å²) in [5, 5.41) is 29.5. The number of aryl methyl sites for hydroxylation is 7. The molecular weight excluding hydrogens is 1160 g/mol. The van der Waals surface area contributed by atoms with Crippen molar-refractivity contribution >= 4 is 105 Å². The number of hydrogen-bond donors (Lipinski definition) is 11. The van der Waals surface area contributed by atoms with Gasteiger partial charge in [-0.2, -0.15) is 0 Å². The van der Waals surface area contributed by atoms with Crippen LogP contribution in [0, 0.1) is 0 Å². The summed E-state index contributed by atoms with van der Waals surface area (Å²) in [4.78, 5) is 156. The molecule has 0 saturated heterocycles. The van der Waals surface area contributed by atoms with Crippen LogP contribution in [0.5, 0.6) is 0 Å². The highest BCUT2D eigenvalue weighted by Crippen LogP contribution is 2.21. The molecule has 7 heterocycles. The Bertz CT molecular complexity index is 3850. The van der Waals surface area contributed by atoms with Crippen molar-refractivity contribution in [1.82, 2.24) is 73.1 Å². The standard InChI is InChI=1S/C56H72N22O11/c1-32(79)61-33-21-40(74(6)25-33)53(86)69-42-30-78(10)48(68-42)55(88)64-36-24-39(75(7)28-36)52(85)63-35-23-38(73(5)27-35)50(83)58-16-11-13-45(81)65-41-29-77(9)49(66-41)56(89)70-43-31-76(8)47(67-43)54(87)60-19-15-46(82)62-34-22-37(72(4)26-34)51(84)59-18-14-44(80)57-17-12-20-71(2)3/h21-31H,11-20H2,1-10H3,(H,57,80)(H,58,83)(H,59,84)(H,60,87)(H,61,79)(H,62,82)(H,63,85)(H,64,88)(H,65,81)(H,69,86)(H,70,89). The molecule has 0 saturated carbocycles. The van der Waals surface area contributed by atoms with Crippen LogP contribution >= 0.6 is 0 Å². The van der Waals surface area contributed by atoms with Crippen molar-refractivity contribution < 1.29 is 52.7 Å². The van der Waals surface area contributed by atoms with Crippen LogP contribution in [0.2, 0.25) is 0 Å². The second kappa shape index (κ2) is 29.3. The minimum Gasteiger partial charge on any atom is -0.356 e. The first kappa shape index (κ1) is 65.4. The summed E-state index contributed by atoms with van der Waals surface area (Å²) in [5.41, 5.74) is 2.26. The van der Waals surface area contributed by atoms with Gasteiger partial charge in [-0.1, -0.05) is 0 Å². The van der Waals surface area contributed by atoms with Gasteiger partial charge in [-0.15, -0.1) is 0 Å². The maximum Gasteiger partial charge on any atom is 0.292 e. The first-order valence-corrected chi connectivity index (χ1v) is 27.9. The second-order valence-corrected chi connectivity index (χ2v) is 21.1. The van der Waals surface area contributed by atoms with E-state index in [-0.39, 0.29) is 121 Å². The lowest BCUT2D eigenvalue weighted by atomic mass is 10.3. The number of hydrogen-bond acceptors (Lipinski definition) is 15. The third-order valence-electron chi connectivity index (χ3n) is 13.3. The third kappa shape index (κ3) is 18.0. The van der Waals surface area contributed by atoms with Crippen LogP contribution in [0.25, 0.3) is 0 Å². The zero-order valence-electron chi connectivity index (χ0n) is 50.8. The topological polar surface area (TPSA) is 397 Å². The second-order valence-electron chi connectivity index (χ2n) is 21.1. The normalized spacial score (nSPS) is 11.0. The molecule has 0 aliphatic carbocycles. The molecule has 7 rings (SSSR count). The molecule has 11 N–H and O–H groups in total. The van der Waals surface area contributed by atoms with E-state index < -0.39 is 53.2 Å². The van der Waals surface area contributed by atoms with Gasteiger partial charge < -0.3 is 95.4 Å². The minimum absolute atomic E-state index is 0.0228. The molecule has 33 heteroatoms. The molecular formula is C56H72N22O11. The van der Waals surface area contributed by atoms with Gasteiger partial charge in [-0.3, -0.25) is 52.7 Å². The molecule has 0 unspecified atom stereocenters. The average molecular weight is 1230 g/mol. The van der Waals surface area contributed by atoms with Crippen molar-refractivity contribution in [1.29, 1.82) is 0 Å². The number of anilines is 7. The molecule has 0 fully saturated rings. The molecule has 33 nitrogen and oxygen atoms in total. The number of rotatable bonds is 28. The van der Waals surface area contributed by atoms with E-state index in [2.05, 4.69) is 73.4 Å². The van der Waals surface area contributed by atoms with Gasteiger partial charge in [-0.25, -0.2) is 15.0 Å². The Hall–Kier alpha value is -11.1. The van der Waals surface area contributed by atoms with Gasteiger partial charge >= 0.3 is 0 Å². The van der Waals surface area contributed by atoms with Crippen molar-refractivity contribution in [2.75, 3.05) is 84.0 Å². The van der Waals surface area contributed by atoms with E-state index in [1.54, 1.807) is 67.9 Å². The molecule has 0 bridgehead atoms. The average Bonchev–Trinajstić information content (AvgIpc) is 4.44. The summed E-state index contributed by atoms with van der Waals surface area (Å²) in [6.45, 7) is 2.91. The van der Waals surface area contributed by atoms with Crippen LogP contribution in [-0.2, 0) is 68.5 Å². The summed E-state index contributed by atoms with van der Waals surface area (Å²) >= 11 is 0. The van der Waals surface area contributed by atoms with Crippen molar-refractivity contribution in [3.63, 3.8) is 0 Å². The third-order valence-corrected chi connectivity index (χ3v) is 13.3. The molecule has 0 aromatic carbocycles. The summed E-state index contributed by atoms with van der Waals surface area (Å²) in [6, 6.07) is 5.93. The maximum absolute atomic E-state index is 13.4. The highest BCUT2D eigenvalue weighted by atomic mass is 16.2. The summed E-state index contributed by atoms with van der Waals surface area (Å²) < 4.78 is 10.3. The summed E-state index contributed by atoms with van der Waals surface area (Å²) in [6.07, 6.45) is 11.5. The fraction of sp³-hybridized carbons (Fsp3) is 0.357. The summed E-state index contributed by atoms with van der Waals surface area (Å²) in [7, 11) is 15.1. The SMILES string of the molecule is CC(=O)Nc1cc(C(=O)Nc2cn(C)c(C(=O)Nc3cc(C(=O)Nc4cc(C(=O)NCCCC(=O)Nc5cn(C)c(C(=O)Nc6cn(C)c(C(=O)NCCC(=O)Nc7cc(C(=O)NCCC(=O)NCCCN(C)C)n(C)c7)n6)n5)n(C)c4)n(C)c3)n2)n(C)c1. The van der Waals surface area contributed by atoms with Crippen molar-refractivity contribution in [3.05, 3.63) is 108 Å². The van der Waals surface area contributed by atoms with Gasteiger partial charge in [0.15, 0.2) is 17.5 Å². The molecule has 0 atom stereocenters. The van der Waals surface area contributed by atoms with Crippen LogP contribution in [-0.4, -0.2) is 164 Å². The van der Waals surface area contributed by atoms with Gasteiger partial charge in [0.1, 0.15) is 22.8 Å². The van der Waals surface area contributed by atoms with E-state index in [0.29, 0.717) is 23.6 Å². The Balaban J connectivity index is 0.794. The zero-order chi connectivity index (χ0) is 64.8. The van der Waals surface area contributed by atoms with Crippen LogP contribution in [0.1, 0.15) is 113 Å². The Morgan fingerprint density at radius 2 is 0.719 bits per heavy atom. The van der Waals surface area contributed by atoms with E-state index >= 15 is 0 Å². The lowest BCUT2D eigenvalue weighted by molar-refractivity contribution is -0.121. The molecule has 472 valence electrons. The van der Waals surface area contributed by atoms with Gasteiger partial charge in [0.25, 0.3) is 41.4 Å². The number of aromatic nitrogens is 10. The first-order chi connectivity index (χ1) is 42.2. The molecule has 0 aliphatic heterocycles. The minimum atomic E-state index is -0.694. The van der Waals surface area contributed by atoms with Crippen molar-refractivity contribution in [3.8, 4) is 0 Å². The van der Waals surface area contributed by atoms with Gasteiger partial charge in [0.2, 0.25) is 41.1 Å². The number of carbonyl (C=O) groups is 11. The Labute approximate surface area is 509 Å². The van der Waals surface area contributed by atoms with E-state index in [0.717, 1.165) is 13.0 Å². The van der Waals surface area contributed by atoms with Crippen molar-refractivity contribution in [2.45, 2.75) is 39.0 Å². The van der Waals surface area contributed by atoms with Gasteiger partial charge in [0, 0.05) is 145 Å². The van der Waals surface area contributed by atoms with Crippen molar-refractivity contribution in [2.24, 2.45) is 49.3 Å². The fourth-order valence-corrected chi connectivity index (χ4v) is 9.02. The lowest BCUT2D eigenvalue weighted by Crippen LogP contribution is -2.32. The fourth-order valence-electron chi connectivity index (χ4n) is 9.02. The van der Waals surface area contributed by atoms with Crippen LogP contribution in [0.15, 0.2) is 67.6 Å². The predicted octanol–water partition coefficient (Wildman–Crippen LogP) is 1.30. The van der Waals surface area contributed by atoms with Crippen LogP contribution in [0.3, 0.4) is 0 Å². The van der Waals surface area contributed by atoms with Gasteiger partial charge in [0.05, 0.1) is 22.7 Å². The maximum atomic E-state index is 13.4. The number of nitrogens with zero attached hydrogens (tertiary/aromatic N) is 11. The smallest absolute Gasteiger partial charge is 0.292 e. The molecule has 89 heavy (non-hydrogen) atoms. The van der Waals surface area contributed by atoms with E-state index in [9.17, 15) is 52.7 Å². The quantitative estimate of drug-likeness (QED) is 0.0308. The highest BCUT2D eigenvalue weighted by molar-refractivity contribution is 6.08. The monoisotopic (exact) mass is 1230 g/mol. The Kier molecular flexibility index (Phi) is 21.6. The number of imidazole rings is 3. The highest BCUT2D eigenvalue weighted by Gasteiger charge is 2.24. The molecule has 0 radical (unpaired) electrons. The lowest BCUT2D eigenvalue weighted by Gasteiger charge is -2.10. The van der Waals surface area contributed by atoms with Gasteiger partial charge in [-0.05, 0) is 57.7 Å². The largest absolute Gasteiger partial charge is 0.356 e. The van der Waals surface area contributed by atoms with Crippen LogP contribution < -0.4 is 58.5 Å². The predicted molar refractivity (Wildman–Crippen MR) is 326 cm³/mol. The number of carbonyl (C=O) groups excluding carboxylic acids is 11. The molecule has 0 aliphatic rings. The summed E-state index contributed by atoms with van der Waals surface area (Å²) in [5.74, 6) is -5.23. The molecule has 11 amide bonds. The zero-order valence-corrected chi connectivity index (χ0v) is 50.8. The molecule has 0 spiro atoms. The first-order valence-electron chi connectivity index (χ1n) is 27.9. The Morgan fingerprint density at radius 3 is 1.21 bits per heavy atom. The molecule has 7 aromatic rings. The Morgan fingerprint density at radius 1 is 0.360 bits per heavy atom. The molecule has 7 aromatic heterocycles. The van der Waals surface area contributed by atoms with E-state index in [4.69, 9.17) is 0 Å².